The van der Waals surface area contributed by atoms with Crippen molar-refractivity contribution in [3.8, 4) is 44.5 Å². The lowest BCUT2D eigenvalue weighted by Crippen LogP contribution is -2.24. The Balaban J connectivity index is 1.44. The Bertz CT molecular complexity index is 2460. The molecule has 50 heavy (non-hydrogen) atoms. The smallest absolute Gasteiger partial charge is 0.0210 e. The molecule has 0 bridgehead atoms. The van der Waals surface area contributed by atoms with E-state index >= 15 is 0 Å². The lowest BCUT2D eigenvalue weighted by Gasteiger charge is -2.32. The van der Waals surface area contributed by atoms with Gasteiger partial charge in [-0.2, -0.15) is 0 Å². The van der Waals surface area contributed by atoms with E-state index in [1.807, 2.05) is 0 Å². The first kappa shape index (κ1) is 31.1. The van der Waals surface area contributed by atoms with Crippen LogP contribution in [0.1, 0.15) is 86.8 Å². The van der Waals surface area contributed by atoms with Gasteiger partial charge in [0.2, 0.25) is 0 Å². The first-order valence-corrected chi connectivity index (χ1v) is 18.8. The van der Waals surface area contributed by atoms with Crippen molar-refractivity contribution < 1.29 is 0 Å². The highest BCUT2D eigenvalue weighted by Crippen LogP contribution is 2.60. The fourth-order valence-electron chi connectivity index (χ4n) is 10.2. The van der Waals surface area contributed by atoms with Gasteiger partial charge in [-0.15, -0.1) is 0 Å². The Morgan fingerprint density at radius 2 is 0.760 bits per heavy atom. The van der Waals surface area contributed by atoms with Gasteiger partial charge in [0.05, 0.1) is 0 Å². The van der Waals surface area contributed by atoms with Crippen LogP contribution in [0, 0.1) is 13.8 Å². The third-order valence-electron chi connectivity index (χ3n) is 13.0. The molecule has 7 aromatic rings. The molecular weight excluding hydrogens is 601 g/mol. The predicted molar refractivity (Wildman–Crippen MR) is 215 cm³/mol. The zero-order valence-corrected chi connectivity index (χ0v) is 30.4. The summed E-state index contributed by atoms with van der Waals surface area (Å²) in [4.78, 5) is 0. The monoisotopic (exact) mass is 646 g/mol. The molecule has 0 saturated heterocycles. The number of benzene rings is 7. The Morgan fingerprint density at radius 1 is 0.360 bits per heavy atom. The van der Waals surface area contributed by atoms with Crippen LogP contribution in [0.5, 0.6) is 0 Å². The summed E-state index contributed by atoms with van der Waals surface area (Å²) in [6.07, 6.45) is 4.35. The summed E-state index contributed by atoms with van der Waals surface area (Å²) in [6, 6.07) is 47.2. The van der Waals surface area contributed by atoms with Gasteiger partial charge >= 0.3 is 0 Å². The Hall–Kier alpha value is -4.94. The van der Waals surface area contributed by atoms with E-state index in [0.29, 0.717) is 0 Å². The van der Waals surface area contributed by atoms with Gasteiger partial charge in [0.25, 0.3) is 0 Å². The van der Waals surface area contributed by atoms with Crippen LogP contribution in [0.15, 0.2) is 121 Å². The molecule has 2 aliphatic rings. The van der Waals surface area contributed by atoms with E-state index in [-0.39, 0.29) is 10.8 Å². The number of rotatable bonds is 6. The van der Waals surface area contributed by atoms with Crippen LogP contribution in [0.2, 0.25) is 0 Å². The summed E-state index contributed by atoms with van der Waals surface area (Å²) >= 11 is 0. The van der Waals surface area contributed by atoms with Crippen LogP contribution in [-0.2, 0) is 10.8 Å². The van der Waals surface area contributed by atoms with Gasteiger partial charge in [0.1, 0.15) is 0 Å². The molecule has 9 rings (SSSR count). The fraction of sp³-hybridized carbons (Fsp3) is 0.240. The van der Waals surface area contributed by atoms with E-state index in [0.717, 1.165) is 25.7 Å². The number of hydrogen-bond donors (Lipinski definition) is 0. The summed E-state index contributed by atoms with van der Waals surface area (Å²) in [5, 5.41) is 5.34. The maximum absolute atomic E-state index is 2.64. The van der Waals surface area contributed by atoms with Crippen LogP contribution >= 0.6 is 0 Å². The standard InChI is InChI=1S/C50H46/c1-7-49(8-2)43-18-14-13-15-35(43)39-28-45-40(29-44(39)49)38-27-41-42(30-46(38)50(45,9-3)10-4)48(34-25-21-32(6)22-26-34)37-17-12-11-16-36(37)47(41)33-23-19-31(5)20-24-33/h11-30H,7-10H2,1-6H3. The SMILES string of the molecule is CCC1(CC)c2ccccc2-c2cc3c(cc21)-c1cc2c(-c4ccc(C)cc4)c4ccccc4c(-c4ccc(C)cc4)c2cc1C3(CC)CC. The summed E-state index contributed by atoms with van der Waals surface area (Å²) in [5.41, 5.74) is 19.6. The molecule has 246 valence electrons. The molecule has 0 N–H and O–H groups in total. The van der Waals surface area contributed by atoms with E-state index in [2.05, 4.69) is 163 Å². The molecule has 0 aliphatic heterocycles. The molecule has 0 fully saturated rings. The average molecular weight is 647 g/mol. The number of fused-ring (bicyclic) bond motifs is 8. The van der Waals surface area contributed by atoms with Gasteiger partial charge in [0, 0.05) is 10.8 Å². The van der Waals surface area contributed by atoms with Gasteiger partial charge in [-0.05, 0) is 152 Å². The number of hydrogen-bond acceptors (Lipinski definition) is 0. The molecule has 0 radical (unpaired) electrons. The van der Waals surface area contributed by atoms with Gasteiger partial charge < -0.3 is 0 Å². The van der Waals surface area contributed by atoms with Crippen molar-refractivity contribution in [3.63, 3.8) is 0 Å². The molecule has 7 aromatic carbocycles. The minimum absolute atomic E-state index is 0.0452. The first-order valence-electron chi connectivity index (χ1n) is 18.8. The van der Waals surface area contributed by atoms with Crippen molar-refractivity contribution in [2.45, 2.75) is 78.1 Å². The summed E-state index contributed by atoms with van der Waals surface area (Å²) in [6.45, 7) is 14.0. The normalized spacial score (nSPS) is 14.8. The second-order valence-electron chi connectivity index (χ2n) is 15.0. The van der Waals surface area contributed by atoms with Gasteiger partial charge in [-0.1, -0.05) is 136 Å². The maximum atomic E-state index is 2.64. The molecule has 0 atom stereocenters. The minimum Gasteiger partial charge on any atom is -0.0642 e. The molecule has 0 spiro atoms. The molecule has 2 aliphatic carbocycles. The Morgan fingerprint density at radius 3 is 1.28 bits per heavy atom. The topological polar surface area (TPSA) is 0 Å². The van der Waals surface area contributed by atoms with E-state index < -0.39 is 0 Å². The van der Waals surface area contributed by atoms with Crippen LogP contribution in [-0.4, -0.2) is 0 Å². The van der Waals surface area contributed by atoms with Gasteiger partial charge in [0.15, 0.2) is 0 Å². The second kappa shape index (κ2) is 11.3. The van der Waals surface area contributed by atoms with E-state index in [4.69, 9.17) is 0 Å². The zero-order chi connectivity index (χ0) is 34.4. The van der Waals surface area contributed by atoms with Gasteiger partial charge in [-0.25, -0.2) is 0 Å². The maximum Gasteiger partial charge on any atom is 0.0210 e. The summed E-state index contributed by atoms with van der Waals surface area (Å²) in [7, 11) is 0. The lowest BCUT2D eigenvalue weighted by atomic mass is 9.71. The van der Waals surface area contributed by atoms with Crippen molar-refractivity contribution in [1.29, 1.82) is 0 Å². The minimum atomic E-state index is -0.0489. The third-order valence-corrected chi connectivity index (χ3v) is 13.0. The largest absolute Gasteiger partial charge is 0.0642 e. The third kappa shape index (κ3) is 4.06. The van der Waals surface area contributed by atoms with Crippen molar-refractivity contribution in [2.24, 2.45) is 0 Å². The Labute approximate surface area is 297 Å². The quantitative estimate of drug-likeness (QED) is 0.158. The first-order chi connectivity index (χ1) is 24.4. The van der Waals surface area contributed by atoms with E-state index in [1.165, 1.54) is 99.4 Å². The molecule has 0 amide bonds. The van der Waals surface area contributed by atoms with Crippen LogP contribution in [0.4, 0.5) is 0 Å². The van der Waals surface area contributed by atoms with Crippen LogP contribution in [0.3, 0.4) is 0 Å². The molecule has 0 heterocycles. The van der Waals surface area contributed by atoms with Crippen molar-refractivity contribution >= 4 is 21.5 Å². The highest BCUT2D eigenvalue weighted by atomic mass is 14.5. The molecule has 0 saturated carbocycles. The molecule has 0 unspecified atom stereocenters. The van der Waals surface area contributed by atoms with Crippen molar-refractivity contribution in [1.82, 2.24) is 0 Å². The second-order valence-corrected chi connectivity index (χ2v) is 15.0. The Kier molecular flexibility index (Phi) is 7.02. The van der Waals surface area contributed by atoms with Crippen LogP contribution < -0.4 is 0 Å². The molecule has 0 nitrogen and oxygen atoms in total. The van der Waals surface area contributed by atoms with E-state index in [9.17, 15) is 0 Å². The lowest BCUT2D eigenvalue weighted by molar-refractivity contribution is 0.485. The van der Waals surface area contributed by atoms with E-state index in [1.54, 1.807) is 0 Å². The van der Waals surface area contributed by atoms with Gasteiger partial charge in [-0.3, -0.25) is 0 Å². The molecule has 0 aromatic heterocycles. The highest BCUT2D eigenvalue weighted by molar-refractivity contribution is 6.22. The zero-order valence-electron chi connectivity index (χ0n) is 30.4. The number of aryl methyl sites for hydroxylation is 2. The van der Waals surface area contributed by atoms with Crippen molar-refractivity contribution in [2.75, 3.05) is 0 Å². The summed E-state index contributed by atoms with van der Waals surface area (Å²) < 4.78 is 0. The molecule has 0 heteroatoms. The highest BCUT2D eigenvalue weighted by Gasteiger charge is 2.46. The van der Waals surface area contributed by atoms with Crippen LogP contribution in [0.25, 0.3) is 66.1 Å². The average Bonchev–Trinajstić information content (AvgIpc) is 3.59. The molecular formula is C50H46. The van der Waals surface area contributed by atoms with Crippen molar-refractivity contribution in [3.05, 3.63) is 155 Å². The predicted octanol–water partition coefficient (Wildman–Crippen LogP) is 14.1. The fourth-order valence-corrected chi connectivity index (χ4v) is 10.2. The summed E-state index contributed by atoms with van der Waals surface area (Å²) in [5.74, 6) is 0.